The average molecular weight is 304 g/mol. The SMILES string of the molecule is CCCn1cnnc1[C@@H](C)NC(=O)CCc1n[nH]c(C)c1C. The molecule has 0 bridgehead atoms. The molecule has 0 fully saturated rings. The number of aryl methyl sites for hydroxylation is 3. The maximum atomic E-state index is 12.1. The van der Waals surface area contributed by atoms with Crippen LogP contribution in [0.15, 0.2) is 6.33 Å². The summed E-state index contributed by atoms with van der Waals surface area (Å²) < 4.78 is 1.98. The zero-order chi connectivity index (χ0) is 16.1. The molecule has 2 N–H and O–H groups in total. The quantitative estimate of drug-likeness (QED) is 0.817. The van der Waals surface area contributed by atoms with Crippen LogP contribution in [0.25, 0.3) is 0 Å². The lowest BCUT2D eigenvalue weighted by Crippen LogP contribution is -2.29. The molecule has 0 unspecified atom stereocenters. The second-order valence-electron chi connectivity index (χ2n) is 5.59. The number of hydrogen-bond acceptors (Lipinski definition) is 4. The number of H-pyrrole nitrogens is 1. The summed E-state index contributed by atoms with van der Waals surface area (Å²) in [4.78, 5) is 12.1. The molecular weight excluding hydrogens is 280 g/mol. The van der Waals surface area contributed by atoms with Gasteiger partial charge < -0.3 is 9.88 Å². The van der Waals surface area contributed by atoms with E-state index in [1.54, 1.807) is 6.33 Å². The molecule has 1 amide bonds. The monoisotopic (exact) mass is 304 g/mol. The van der Waals surface area contributed by atoms with E-state index in [1.165, 1.54) is 0 Å². The van der Waals surface area contributed by atoms with Crippen molar-refractivity contribution in [3.8, 4) is 0 Å². The number of aromatic amines is 1. The van der Waals surface area contributed by atoms with Crippen LogP contribution in [0.3, 0.4) is 0 Å². The highest BCUT2D eigenvalue weighted by Gasteiger charge is 2.16. The first-order chi connectivity index (χ1) is 10.5. The molecule has 0 aromatic carbocycles. The molecule has 0 aliphatic heterocycles. The molecule has 2 rings (SSSR count). The van der Waals surface area contributed by atoms with E-state index in [-0.39, 0.29) is 11.9 Å². The smallest absolute Gasteiger partial charge is 0.220 e. The minimum absolute atomic E-state index is 0.00129. The van der Waals surface area contributed by atoms with E-state index in [1.807, 2.05) is 25.3 Å². The normalized spacial score (nSPS) is 12.4. The maximum Gasteiger partial charge on any atom is 0.220 e. The fourth-order valence-electron chi connectivity index (χ4n) is 2.40. The first-order valence-corrected chi connectivity index (χ1v) is 7.70. The molecule has 7 nitrogen and oxygen atoms in total. The Balaban J connectivity index is 1.88. The Morgan fingerprint density at radius 2 is 2.23 bits per heavy atom. The second-order valence-corrected chi connectivity index (χ2v) is 5.59. The highest BCUT2D eigenvalue weighted by atomic mass is 16.1. The van der Waals surface area contributed by atoms with Gasteiger partial charge in [0.1, 0.15) is 6.33 Å². The van der Waals surface area contributed by atoms with Crippen molar-refractivity contribution in [1.29, 1.82) is 0 Å². The first-order valence-electron chi connectivity index (χ1n) is 7.70. The molecule has 2 aromatic rings. The molecule has 120 valence electrons. The van der Waals surface area contributed by atoms with Gasteiger partial charge in [-0.2, -0.15) is 5.10 Å². The Morgan fingerprint density at radius 3 is 2.86 bits per heavy atom. The van der Waals surface area contributed by atoms with Crippen molar-refractivity contribution in [3.63, 3.8) is 0 Å². The molecule has 0 aliphatic rings. The number of carbonyl (C=O) groups is 1. The molecule has 1 atom stereocenters. The van der Waals surface area contributed by atoms with Crippen LogP contribution in [0.5, 0.6) is 0 Å². The molecule has 0 saturated heterocycles. The number of nitrogens with one attached hydrogen (secondary N) is 2. The molecular formula is C15H24N6O. The Labute approximate surface area is 130 Å². The fourth-order valence-corrected chi connectivity index (χ4v) is 2.40. The Bertz CT molecular complexity index is 630. The summed E-state index contributed by atoms with van der Waals surface area (Å²) in [5.74, 6) is 0.792. The first kappa shape index (κ1) is 16.2. The van der Waals surface area contributed by atoms with E-state index in [0.29, 0.717) is 12.8 Å². The Morgan fingerprint density at radius 1 is 1.45 bits per heavy atom. The van der Waals surface area contributed by atoms with Gasteiger partial charge >= 0.3 is 0 Å². The van der Waals surface area contributed by atoms with Crippen molar-refractivity contribution < 1.29 is 4.79 Å². The van der Waals surface area contributed by atoms with Crippen LogP contribution in [0.4, 0.5) is 0 Å². The van der Waals surface area contributed by atoms with E-state index in [2.05, 4.69) is 32.6 Å². The van der Waals surface area contributed by atoms with Gasteiger partial charge in [0.2, 0.25) is 5.91 Å². The molecule has 22 heavy (non-hydrogen) atoms. The molecule has 2 aromatic heterocycles. The third-order valence-electron chi connectivity index (χ3n) is 3.82. The minimum atomic E-state index is -0.149. The largest absolute Gasteiger partial charge is 0.346 e. The van der Waals surface area contributed by atoms with Crippen molar-refractivity contribution in [2.45, 2.75) is 59.5 Å². The van der Waals surface area contributed by atoms with Gasteiger partial charge in [-0.1, -0.05) is 6.92 Å². The van der Waals surface area contributed by atoms with Gasteiger partial charge in [-0.3, -0.25) is 9.89 Å². The van der Waals surface area contributed by atoms with E-state index < -0.39 is 0 Å². The summed E-state index contributed by atoms with van der Waals surface area (Å²) in [6.45, 7) is 8.88. The zero-order valence-electron chi connectivity index (χ0n) is 13.7. The lowest BCUT2D eigenvalue weighted by molar-refractivity contribution is -0.121. The van der Waals surface area contributed by atoms with Crippen LogP contribution in [-0.4, -0.2) is 30.9 Å². The summed E-state index contributed by atoms with van der Waals surface area (Å²) in [6, 6.07) is -0.149. The highest BCUT2D eigenvalue weighted by molar-refractivity contribution is 5.76. The topological polar surface area (TPSA) is 88.5 Å². The standard InChI is InChI=1S/C15H24N6O/c1-5-8-21-9-16-20-15(21)12(4)17-14(22)7-6-13-10(2)11(3)18-19-13/h9,12H,5-8H2,1-4H3,(H,17,22)(H,18,19)/t12-/m1/s1. The molecule has 0 spiro atoms. The lowest BCUT2D eigenvalue weighted by atomic mass is 10.1. The van der Waals surface area contributed by atoms with E-state index in [9.17, 15) is 4.79 Å². The van der Waals surface area contributed by atoms with Gasteiger partial charge in [0, 0.05) is 25.1 Å². The van der Waals surface area contributed by atoms with Crippen molar-refractivity contribution in [2.24, 2.45) is 0 Å². The molecule has 7 heteroatoms. The van der Waals surface area contributed by atoms with Crippen molar-refractivity contribution in [3.05, 3.63) is 29.1 Å². The minimum Gasteiger partial charge on any atom is -0.346 e. The van der Waals surface area contributed by atoms with Crippen LogP contribution in [-0.2, 0) is 17.8 Å². The number of aromatic nitrogens is 5. The summed E-state index contributed by atoms with van der Waals surface area (Å²) in [6.07, 6.45) is 3.76. The van der Waals surface area contributed by atoms with E-state index in [0.717, 1.165) is 35.7 Å². The van der Waals surface area contributed by atoms with Gasteiger partial charge in [-0.25, -0.2) is 0 Å². The predicted molar refractivity (Wildman–Crippen MR) is 83.3 cm³/mol. The number of amides is 1. The van der Waals surface area contributed by atoms with Gasteiger partial charge in [0.25, 0.3) is 0 Å². The average Bonchev–Trinajstić information content (AvgIpc) is 3.06. The van der Waals surface area contributed by atoms with Crippen LogP contribution < -0.4 is 5.32 Å². The van der Waals surface area contributed by atoms with Gasteiger partial charge in [-0.05, 0) is 32.8 Å². The van der Waals surface area contributed by atoms with Gasteiger partial charge in [0.05, 0.1) is 11.7 Å². The summed E-state index contributed by atoms with van der Waals surface area (Å²) in [5.41, 5.74) is 3.13. The van der Waals surface area contributed by atoms with Crippen molar-refractivity contribution in [2.75, 3.05) is 0 Å². The van der Waals surface area contributed by atoms with Crippen LogP contribution >= 0.6 is 0 Å². The summed E-state index contributed by atoms with van der Waals surface area (Å²) >= 11 is 0. The van der Waals surface area contributed by atoms with Crippen LogP contribution in [0.1, 0.15) is 55.5 Å². The summed E-state index contributed by atoms with van der Waals surface area (Å²) in [7, 11) is 0. The van der Waals surface area contributed by atoms with E-state index >= 15 is 0 Å². The maximum absolute atomic E-state index is 12.1. The number of rotatable bonds is 7. The Hall–Kier alpha value is -2.18. The molecule has 0 saturated carbocycles. The second kappa shape index (κ2) is 7.20. The van der Waals surface area contributed by atoms with Crippen LogP contribution in [0.2, 0.25) is 0 Å². The number of hydrogen-bond donors (Lipinski definition) is 2. The highest BCUT2D eigenvalue weighted by Crippen LogP contribution is 2.12. The third kappa shape index (κ3) is 3.72. The number of carbonyl (C=O) groups excluding carboxylic acids is 1. The Kier molecular flexibility index (Phi) is 5.30. The number of nitrogens with zero attached hydrogens (tertiary/aromatic N) is 4. The van der Waals surface area contributed by atoms with Crippen molar-refractivity contribution in [1.82, 2.24) is 30.3 Å². The van der Waals surface area contributed by atoms with Crippen molar-refractivity contribution >= 4 is 5.91 Å². The van der Waals surface area contributed by atoms with Crippen LogP contribution in [0, 0.1) is 13.8 Å². The van der Waals surface area contributed by atoms with Gasteiger partial charge in [0.15, 0.2) is 5.82 Å². The fraction of sp³-hybridized carbons (Fsp3) is 0.600. The molecule has 0 radical (unpaired) electrons. The predicted octanol–water partition coefficient (Wildman–Crippen LogP) is 1.84. The zero-order valence-corrected chi connectivity index (χ0v) is 13.7. The third-order valence-corrected chi connectivity index (χ3v) is 3.82. The van der Waals surface area contributed by atoms with Gasteiger partial charge in [-0.15, -0.1) is 10.2 Å². The van der Waals surface area contributed by atoms with E-state index in [4.69, 9.17) is 0 Å². The summed E-state index contributed by atoms with van der Waals surface area (Å²) in [5, 5.41) is 18.2. The molecule has 2 heterocycles. The lowest BCUT2D eigenvalue weighted by Gasteiger charge is -2.14. The molecule has 0 aliphatic carbocycles.